The molecule has 4 aliphatic carbocycles. The molecule has 0 atom stereocenters. The second-order valence-corrected chi connectivity index (χ2v) is 29.9. The number of methoxy groups -OCH3 is 1. The van der Waals surface area contributed by atoms with Gasteiger partial charge < -0.3 is 30.0 Å². The van der Waals surface area contributed by atoms with Crippen LogP contribution in [0.5, 0.6) is 0 Å². The van der Waals surface area contributed by atoms with Crippen LogP contribution in [0.15, 0.2) is 12.1 Å². The lowest BCUT2D eigenvalue weighted by Crippen LogP contribution is -2.22. The van der Waals surface area contributed by atoms with Gasteiger partial charge in [0.1, 0.15) is 20.1 Å². The summed E-state index contributed by atoms with van der Waals surface area (Å²) in [5, 5.41) is 33.7. The Labute approximate surface area is 345 Å². The van der Waals surface area contributed by atoms with Crippen molar-refractivity contribution in [2.75, 3.05) is 31.0 Å². The van der Waals surface area contributed by atoms with E-state index in [1.165, 1.54) is 102 Å². The van der Waals surface area contributed by atoms with Crippen molar-refractivity contribution in [1.29, 1.82) is 0 Å². The Morgan fingerprint density at radius 2 is 1.05 bits per heavy atom. The fourth-order valence-corrected chi connectivity index (χ4v) is 10.2. The molecule has 2 aromatic carbocycles. The summed E-state index contributed by atoms with van der Waals surface area (Å²) in [5.41, 5.74) is 14.0. The van der Waals surface area contributed by atoms with Crippen molar-refractivity contribution in [3.05, 3.63) is 68.3 Å². The monoisotopic (exact) mass is 828 g/mol. The number of esters is 1. The van der Waals surface area contributed by atoms with Crippen LogP contribution in [0.1, 0.15) is 86.6 Å². The van der Waals surface area contributed by atoms with Gasteiger partial charge in [-0.3, -0.25) is 9.13 Å². The number of aliphatic hydroxyl groups is 1. The molecule has 4 aliphatic rings. The van der Waals surface area contributed by atoms with E-state index in [2.05, 4.69) is 82.4 Å². The van der Waals surface area contributed by atoms with Crippen LogP contribution in [0.4, 0.5) is 23.3 Å². The molecular weight excluding hydrogens is 765 g/mol. The Kier molecular flexibility index (Phi) is 13.2. The maximum absolute atomic E-state index is 12.2. The third-order valence-electron chi connectivity index (χ3n) is 11.9. The maximum Gasteiger partial charge on any atom is 0.376 e. The molecule has 0 spiro atoms. The minimum absolute atomic E-state index is 0.142. The highest BCUT2D eigenvalue weighted by molar-refractivity contribution is 6.76. The summed E-state index contributed by atoms with van der Waals surface area (Å²) in [4.78, 5) is 12.2. The Balaban J connectivity index is 0.000000177. The molecule has 3 N–H and O–H groups in total. The van der Waals surface area contributed by atoms with Crippen LogP contribution in [-0.2, 0) is 85.6 Å². The molecule has 0 amide bonds. The third kappa shape index (κ3) is 9.76. The highest BCUT2D eigenvalue weighted by Gasteiger charge is 2.28. The van der Waals surface area contributed by atoms with Crippen LogP contribution in [0.2, 0.25) is 51.4 Å². The summed E-state index contributed by atoms with van der Waals surface area (Å²) < 4.78 is 20.3. The lowest BCUT2D eigenvalue weighted by Gasteiger charge is -2.18. The van der Waals surface area contributed by atoms with Crippen LogP contribution >= 0.6 is 0 Å². The first-order valence-corrected chi connectivity index (χ1v) is 28.8. The SMILES string of the molecule is COC(=O)c1nnc(Nc2c3c(cc4c2CCC4)CCC3)n1COCC[Si](C)(C)C.C[Si](C)(C)CCOCn1c(CO)nnc1Nc1c2c(cc3c1CCC3)CCC2. The number of aromatic nitrogens is 6. The molecule has 2 aromatic heterocycles. The van der Waals surface area contributed by atoms with E-state index < -0.39 is 22.1 Å². The van der Waals surface area contributed by atoms with Crippen molar-refractivity contribution in [2.24, 2.45) is 0 Å². The van der Waals surface area contributed by atoms with Crippen molar-refractivity contribution in [3.63, 3.8) is 0 Å². The minimum Gasteiger partial charge on any atom is -0.463 e. The highest BCUT2D eigenvalue weighted by atomic mass is 28.3. The molecule has 0 saturated carbocycles. The molecule has 8 rings (SSSR count). The van der Waals surface area contributed by atoms with Gasteiger partial charge in [-0.15, -0.1) is 20.4 Å². The van der Waals surface area contributed by atoms with Gasteiger partial charge in [-0.05, 0) is 134 Å². The molecule has 0 saturated heterocycles. The summed E-state index contributed by atoms with van der Waals surface area (Å²) in [6, 6.07) is 7.01. The van der Waals surface area contributed by atoms with Crippen molar-refractivity contribution in [2.45, 2.75) is 148 Å². The summed E-state index contributed by atoms with van der Waals surface area (Å²) in [6.07, 6.45) is 13.8. The van der Waals surface area contributed by atoms with Crippen molar-refractivity contribution < 1.29 is 24.1 Å². The van der Waals surface area contributed by atoms with Crippen LogP contribution in [0, 0.1) is 0 Å². The standard InChI is InChI=1S/C22H32N4O3Si.C21H32N4O2Si/c1-28-21(27)20-24-25-22(26(20)14-29-11-12-30(2,3)4)23-19-17-9-5-7-15(17)13-16-8-6-10-18(16)19;1-28(2,3)11-10-27-14-25-19(13-26)23-24-21(25)22-20-17-8-4-6-15(17)12-16-7-5-9-18(16)20/h13H,5-12,14H2,1-4H3,(H,23,25);12,26H,4-11,13-14H2,1-3H3,(H,22,24). The average molecular weight is 829 g/mol. The van der Waals surface area contributed by atoms with E-state index >= 15 is 0 Å². The number of rotatable bonds is 16. The number of anilines is 4. The van der Waals surface area contributed by atoms with Gasteiger partial charge >= 0.3 is 5.97 Å². The largest absolute Gasteiger partial charge is 0.463 e. The number of hydrogen-bond donors (Lipinski definition) is 3. The Hall–Kier alpha value is -3.90. The number of nitrogens with zero attached hydrogens (tertiary/aromatic N) is 6. The van der Waals surface area contributed by atoms with E-state index in [0.29, 0.717) is 31.1 Å². The summed E-state index contributed by atoms with van der Waals surface area (Å²) in [7, 11) is -0.964. The zero-order chi connectivity index (χ0) is 41.0. The fraction of sp³-hybridized carbons (Fsp3) is 0.605. The van der Waals surface area contributed by atoms with Gasteiger partial charge in [0, 0.05) is 40.7 Å². The van der Waals surface area contributed by atoms with Crippen LogP contribution in [0.3, 0.4) is 0 Å². The van der Waals surface area contributed by atoms with Crippen LogP contribution < -0.4 is 10.6 Å². The minimum atomic E-state index is -1.19. The van der Waals surface area contributed by atoms with Crippen molar-refractivity contribution in [1.82, 2.24) is 29.5 Å². The first kappa shape index (κ1) is 42.2. The zero-order valence-electron chi connectivity index (χ0n) is 35.9. The predicted molar refractivity (Wildman–Crippen MR) is 233 cm³/mol. The molecule has 0 unspecified atom stereocenters. The number of ether oxygens (including phenoxy) is 3. The normalized spacial score (nSPS) is 15.4. The van der Waals surface area contributed by atoms with Gasteiger partial charge in [-0.2, -0.15) is 0 Å². The van der Waals surface area contributed by atoms with E-state index in [-0.39, 0.29) is 19.2 Å². The lowest BCUT2D eigenvalue weighted by molar-refractivity contribution is 0.0533. The topological polar surface area (TPSA) is 150 Å². The summed E-state index contributed by atoms with van der Waals surface area (Å²) >= 11 is 0. The highest BCUT2D eigenvalue weighted by Crippen LogP contribution is 2.41. The number of aliphatic hydroxyl groups excluding tert-OH is 1. The van der Waals surface area contributed by atoms with E-state index in [4.69, 9.17) is 14.2 Å². The molecule has 0 radical (unpaired) electrons. The number of hydrogen-bond acceptors (Lipinski definition) is 11. The molecule has 15 heteroatoms. The van der Waals surface area contributed by atoms with Crippen molar-refractivity contribution in [3.8, 4) is 0 Å². The zero-order valence-corrected chi connectivity index (χ0v) is 37.9. The average Bonchev–Trinajstić information content (AvgIpc) is 4.04. The Bertz CT molecular complexity index is 2040. The van der Waals surface area contributed by atoms with Crippen molar-refractivity contribution >= 4 is 45.4 Å². The summed E-state index contributed by atoms with van der Waals surface area (Å²) in [6.45, 7) is 15.8. The van der Waals surface area contributed by atoms with E-state index in [0.717, 1.165) is 57.2 Å². The Morgan fingerprint density at radius 1 is 0.638 bits per heavy atom. The molecule has 4 aromatic rings. The molecular formula is C43H64N8O5Si2. The van der Waals surface area contributed by atoms with Gasteiger partial charge in [0.05, 0.1) is 7.11 Å². The molecule has 58 heavy (non-hydrogen) atoms. The van der Waals surface area contributed by atoms with Crippen LogP contribution in [-0.4, -0.2) is 77.1 Å². The van der Waals surface area contributed by atoms with E-state index in [1.54, 1.807) is 4.57 Å². The van der Waals surface area contributed by atoms with Gasteiger partial charge in [0.2, 0.25) is 17.7 Å². The van der Waals surface area contributed by atoms with Gasteiger partial charge in [-0.25, -0.2) is 4.79 Å². The molecule has 13 nitrogen and oxygen atoms in total. The summed E-state index contributed by atoms with van der Waals surface area (Å²) in [5.74, 6) is 1.41. The second kappa shape index (κ2) is 18.2. The second-order valence-electron chi connectivity index (χ2n) is 18.7. The Morgan fingerprint density at radius 3 is 1.47 bits per heavy atom. The molecule has 0 aliphatic heterocycles. The molecule has 0 bridgehead atoms. The molecule has 314 valence electrons. The predicted octanol–water partition coefficient (Wildman–Crippen LogP) is 7.90. The maximum atomic E-state index is 12.2. The van der Waals surface area contributed by atoms with Crippen LogP contribution in [0.25, 0.3) is 0 Å². The van der Waals surface area contributed by atoms with Gasteiger partial charge in [-0.1, -0.05) is 51.4 Å². The number of aryl methyl sites for hydroxylation is 4. The third-order valence-corrected chi connectivity index (χ3v) is 15.3. The fourth-order valence-electron chi connectivity index (χ4n) is 8.67. The number of carbonyl (C=O) groups excluding carboxylic acids is 1. The van der Waals surface area contributed by atoms with E-state index in [9.17, 15) is 9.90 Å². The van der Waals surface area contributed by atoms with Gasteiger partial charge in [0.25, 0.3) is 0 Å². The van der Waals surface area contributed by atoms with E-state index in [1.807, 2.05) is 4.57 Å². The first-order valence-electron chi connectivity index (χ1n) is 21.4. The number of fused-ring (bicyclic) bond motifs is 4. The first-order chi connectivity index (χ1) is 27.8. The molecule has 0 fully saturated rings. The number of carbonyl (C=O) groups is 1. The smallest absolute Gasteiger partial charge is 0.376 e. The number of benzene rings is 2. The van der Waals surface area contributed by atoms with Gasteiger partial charge in [0.15, 0.2) is 5.82 Å². The lowest BCUT2D eigenvalue weighted by atomic mass is 9.99. The quantitative estimate of drug-likeness (QED) is 0.0575. The molecule has 2 heterocycles. The number of nitrogens with one attached hydrogen (secondary N) is 2.